The van der Waals surface area contributed by atoms with E-state index in [1.807, 2.05) is 0 Å². The molecule has 0 saturated heterocycles. The van der Waals surface area contributed by atoms with Crippen molar-refractivity contribution in [2.24, 2.45) is 0 Å². The molecule has 1 aromatic heterocycles. The molecule has 2 aliphatic heterocycles. The third kappa shape index (κ3) is 2.48. The van der Waals surface area contributed by atoms with Crippen LogP contribution in [0.4, 0.5) is 0 Å². The molecule has 5 aromatic carbocycles. The minimum atomic E-state index is -0.113. The summed E-state index contributed by atoms with van der Waals surface area (Å²) in [7, 11) is 0. The van der Waals surface area contributed by atoms with E-state index < -0.39 is 0 Å². The third-order valence-corrected chi connectivity index (χ3v) is 10.2. The average molecular weight is 502 g/mol. The highest BCUT2D eigenvalue weighted by molar-refractivity contribution is 6.16. The number of rotatable bonds is 1. The Bertz CT molecular complexity index is 2110. The summed E-state index contributed by atoms with van der Waals surface area (Å²) in [6.45, 7) is 9.68. The highest BCUT2D eigenvalue weighted by atomic mass is 15.0. The molecule has 3 heterocycles. The van der Waals surface area contributed by atoms with Crippen molar-refractivity contribution in [2.75, 3.05) is 0 Å². The molecule has 0 amide bonds. The summed E-state index contributed by atoms with van der Waals surface area (Å²) >= 11 is 0. The van der Waals surface area contributed by atoms with Crippen LogP contribution in [0.5, 0.6) is 0 Å². The molecule has 39 heavy (non-hydrogen) atoms. The Hall–Kier alpha value is -4.10. The normalized spacial score (nSPS) is 17.3. The Labute approximate surface area is 229 Å². The summed E-state index contributed by atoms with van der Waals surface area (Å²) in [5.74, 6) is 0. The van der Waals surface area contributed by atoms with Crippen LogP contribution >= 0.6 is 0 Å². The van der Waals surface area contributed by atoms with Gasteiger partial charge in [-0.15, -0.1) is 0 Å². The van der Waals surface area contributed by atoms with E-state index in [9.17, 15) is 0 Å². The number of fused-ring (bicyclic) bond motifs is 3. The van der Waals surface area contributed by atoms with Gasteiger partial charge in [-0.2, -0.15) is 0 Å². The van der Waals surface area contributed by atoms with Crippen molar-refractivity contribution in [3.05, 3.63) is 118 Å². The van der Waals surface area contributed by atoms with Crippen LogP contribution in [0.25, 0.3) is 55.5 Å². The lowest BCUT2D eigenvalue weighted by molar-refractivity contribution is 0.594. The molecule has 0 fully saturated rings. The standard InChI is InChI=1S/C38H31N/c1-37(2)29-16-9-15-27-28-20-24(33-25-13-7-5-11-22(25)19-23-12-6-8-14-26(23)33)21-32-35(28)39(34(27)29)36-30(37)17-10-18-31(36)38(32,3)4/h5,7-11,13-21H,6,12H2,1-4H3. The van der Waals surface area contributed by atoms with E-state index in [-0.39, 0.29) is 10.8 Å². The lowest BCUT2D eigenvalue weighted by Crippen LogP contribution is -2.33. The summed E-state index contributed by atoms with van der Waals surface area (Å²) in [6.07, 6.45) is 6.96. The van der Waals surface area contributed by atoms with Gasteiger partial charge in [-0.25, -0.2) is 0 Å². The van der Waals surface area contributed by atoms with Crippen molar-refractivity contribution in [2.45, 2.75) is 51.4 Å². The topological polar surface area (TPSA) is 4.93 Å². The van der Waals surface area contributed by atoms with Crippen molar-refractivity contribution >= 4 is 38.7 Å². The van der Waals surface area contributed by atoms with Gasteiger partial charge in [0.1, 0.15) is 0 Å². The smallest absolute Gasteiger partial charge is 0.0582 e. The van der Waals surface area contributed by atoms with Crippen LogP contribution < -0.4 is 0 Å². The quantitative estimate of drug-likeness (QED) is 0.211. The van der Waals surface area contributed by atoms with Gasteiger partial charge in [0, 0.05) is 21.6 Å². The zero-order chi connectivity index (χ0) is 26.3. The van der Waals surface area contributed by atoms with E-state index in [1.54, 1.807) is 0 Å². The van der Waals surface area contributed by atoms with Gasteiger partial charge in [0.05, 0.1) is 16.7 Å². The molecule has 3 aliphatic rings. The molecule has 0 spiro atoms. The van der Waals surface area contributed by atoms with Crippen molar-refractivity contribution in [1.29, 1.82) is 0 Å². The maximum atomic E-state index is 2.62. The Kier molecular flexibility index (Phi) is 3.86. The number of aryl methyl sites for hydroxylation is 1. The number of nitrogens with zero attached hydrogens (tertiary/aromatic N) is 1. The minimum absolute atomic E-state index is 0.0505. The fourth-order valence-electron chi connectivity index (χ4n) is 8.20. The number of hydrogen-bond acceptors (Lipinski definition) is 0. The predicted octanol–water partition coefficient (Wildman–Crippen LogP) is 9.84. The van der Waals surface area contributed by atoms with Gasteiger partial charge in [0.2, 0.25) is 0 Å². The third-order valence-electron chi connectivity index (χ3n) is 10.2. The van der Waals surface area contributed by atoms with E-state index in [1.165, 1.54) is 82.8 Å². The van der Waals surface area contributed by atoms with Crippen LogP contribution in [0.2, 0.25) is 0 Å². The van der Waals surface area contributed by atoms with Crippen molar-refractivity contribution < 1.29 is 0 Å². The van der Waals surface area contributed by atoms with E-state index in [2.05, 4.69) is 123 Å². The molecular weight excluding hydrogens is 470 g/mol. The molecule has 1 heteroatoms. The maximum absolute atomic E-state index is 2.62. The summed E-state index contributed by atoms with van der Waals surface area (Å²) in [5.41, 5.74) is 15.4. The SMILES string of the molecule is CC1(C)c2cccc3c2-n2c4c1cccc4c1cc(-c4c5c(cc6ccccc46)CCC=C5)cc(c12)C3(C)C. The molecule has 9 rings (SSSR count). The lowest BCUT2D eigenvalue weighted by Gasteiger charge is -2.42. The second kappa shape index (κ2) is 6.90. The first-order valence-corrected chi connectivity index (χ1v) is 14.4. The number of hydrogen-bond donors (Lipinski definition) is 0. The molecule has 0 N–H and O–H groups in total. The summed E-state index contributed by atoms with van der Waals surface area (Å²) in [6, 6.07) is 30.4. The number of para-hydroxylation sites is 2. The molecule has 1 aliphatic carbocycles. The van der Waals surface area contributed by atoms with Crippen LogP contribution in [0.15, 0.2) is 84.9 Å². The Morgan fingerprint density at radius 1 is 0.641 bits per heavy atom. The fraction of sp³-hybridized carbons (Fsp3) is 0.211. The van der Waals surface area contributed by atoms with Gasteiger partial charge in [-0.05, 0) is 80.3 Å². The molecule has 6 aromatic rings. The van der Waals surface area contributed by atoms with Crippen LogP contribution in [0, 0.1) is 0 Å². The van der Waals surface area contributed by atoms with Crippen LogP contribution in [-0.2, 0) is 17.3 Å². The van der Waals surface area contributed by atoms with Gasteiger partial charge in [-0.3, -0.25) is 0 Å². The molecule has 0 bridgehead atoms. The lowest BCUT2D eigenvalue weighted by atomic mass is 9.68. The second-order valence-corrected chi connectivity index (χ2v) is 12.9. The first-order valence-electron chi connectivity index (χ1n) is 14.4. The van der Waals surface area contributed by atoms with Gasteiger partial charge < -0.3 is 4.57 Å². The molecule has 0 radical (unpaired) electrons. The largest absolute Gasteiger partial charge is 0.308 e. The van der Waals surface area contributed by atoms with E-state index >= 15 is 0 Å². The average Bonchev–Trinajstić information content (AvgIpc) is 3.28. The Morgan fingerprint density at radius 3 is 2.18 bits per heavy atom. The number of aromatic nitrogens is 1. The number of benzene rings is 5. The van der Waals surface area contributed by atoms with Gasteiger partial charge in [0.25, 0.3) is 0 Å². The number of allylic oxidation sites excluding steroid dienone is 1. The van der Waals surface area contributed by atoms with E-state index in [0.29, 0.717) is 0 Å². The van der Waals surface area contributed by atoms with E-state index in [4.69, 9.17) is 0 Å². The van der Waals surface area contributed by atoms with E-state index in [0.717, 1.165) is 12.8 Å². The van der Waals surface area contributed by atoms with Crippen molar-refractivity contribution in [3.8, 4) is 16.8 Å². The van der Waals surface area contributed by atoms with Gasteiger partial charge in [-0.1, -0.05) is 107 Å². The summed E-state index contributed by atoms with van der Waals surface area (Å²) in [5, 5.41) is 5.45. The van der Waals surface area contributed by atoms with Crippen molar-refractivity contribution in [1.82, 2.24) is 4.57 Å². The predicted molar refractivity (Wildman–Crippen MR) is 165 cm³/mol. The van der Waals surface area contributed by atoms with Gasteiger partial charge in [0.15, 0.2) is 0 Å². The molecule has 0 atom stereocenters. The Morgan fingerprint density at radius 2 is 1.33 bits per heavy atom. The second-order valence-electron chi connectivity index (χ2n) is 12.9. The Balaban J connectivity index is 1.51. The van der Waals surface area contributed by atoms with Gasteiger partial charge >= 0.3 is 0 Å². The molecule has 0 saturated carbocycles. The highest BCUT2D eigenvalue weighted by Crippen LogP contribution is 2.56. The van der Waals surface area contributed by atoms with Crippen LogP contribution in [0.3, 0.4) is 0 Å². The summed E-state index contributed by atoms with van der Waals surface area (Å²) < 4.78 is 2.62. The maximum Gasteiger partial charge on any atom is 0.0582 e. The minimum Gasteiger partial charge on any atom is -0.308 e. The molecule has 1 nitrogen and oxygen atoms in total. The first kappa shape index (κ1) is 21.8. The highest BCUT2D eigenvalue weighted by Gasteiger charge is 2.43. The molecular formula is C38H31N. The first-order chi connectivity index (χ1) is 18.9. The monoisotopic (exact) mass is 501 g/mol. The summed E-state index contributed by atoms with van der Waals surface area (Å²) in [4.78, 5) is 0. The molecule has 188 valence electrons. The zero-order valence-corrected chi connectivity index (χ0v) is 23.0. The molecule has 0 unspecified atom stereocenters. The van der Waals surface area contributed by atoms with Crippen LogP contribution in [0.1, 0.15) is 67.5 Å². The fourth-order valence-corrected chi connectivity index (χ4v) is 8.20. The van der Waals surface area contributed by atoms with Crippen molar-refractivity contribution in [3.63, 3.8) is 0 Å². The zero-order valence-electron chi connectivity index (χ0n) is 23.0. The van der Waals surface area contributed by atoms with Crippen LogP contribution in [-0.4, -0.2) is 4.57 Å².